The fourth-order valence-electron chi connectivity index (χ4n) is 4.60. The predicted molar refractivity (Wildman–Crippen MR) is 148 cm³/mol. The molecule has 0 aliphatic carbocycles. The van der Waals surface area contributed by atoms with Crippen LogP contribution in [0.3, 0.4) is 0 Å². The fraction of sp³-hybridized carbons (Fsp3) is 0.759. The second-order valence-corrected chi connectivity index (χ2v) is 10.9. The summed E-state index contributed by atoms with van der Waals surface area (Å²) in [5.41, 5.74) is 1.19. The Morgan fingerprint density at radius 2 is 1.35 bits per heavy atom. The van der Waals surface area contributed by atoms with Crippen LogP contribution in [0.4, 0.5) is 0 Å². The first-order valence-corrected chi connectivity index (χ1v) is 15.1. The van der Waals surface area contributed by atoms with Crippen molar-refractivity contribution in [1.82, 2.24) is 10.6 Å². The molecule has 1 unspecified atom stereocenters. The van der Waals surface area contributed by atoms with Crippen molar-refractivity contribution < 1.29 is 9.53 Å². The van der Waals surface area contributed by atoms with Gasteiger partial charge >= 0.3 is 0 Å². The summed E-state index contributed by atoms with van der Waals surface area (Å²) in [5, 5.41) is 6.77. The molecule has 0 spiro atoms. The van der Waals surface area contributed by atoms with Crippen LogP contribution in [0.2, 0.25) is 0 Å². The smallest absolute Gasteiger partial charge is 0.238 e. The molecule has 1 heterocycles. The van der Waals surface area contributed by atoms with Gasteiger partial charge in [0.15, 0.2) is 0 Å². The number of hydrogen-bond donors (Lipinski definition) is 2. The Morgan fingerprint density at radius 1 is 0.853 bits per heavy atom. The van der Waals surface area contributed by atoms with Gasteiger partial charge in [0.05, 0.1) is 18.5 Å². The van der Waals surface area contributed by atoms with Crippen LogP contribution in [-0.4, -0.2) is 31.4 Å². The number of methoxy groups -OCH3 is 1. The van der Waals surface area contributed by atoms with Gasteiger partial charge in [-0.15, -0.1) is 11.8 Å². The molecule has 1 amide bonds. The number of hydrogen-bond acceptors (Lipinski definition) is 4. The Morgan fingerprint density at radius 3 is 1.85 bits per heavy atom. The van der Waals surface area contributed by atoms with Crippen molar-refractivity contribution in [2.24, 2.45) is 0 Å². The van der Waals surface area contributed by atoms with Crippen LogP contribution in [0.25, 0.3) is 0 Å². The normalized spacial score (nSPS) is 17.7. The molecule has 2 rings (SSSR count). The van der Waals surface area contributed by atoms with E-state index < -0.39 is 0 Å². The van der Waals surface area contributed by atoms with Crippen molar-refractivity contribution in [2.75, 3.05) is 19.4 Å². The zero-order valence-electron chi connectivity index (χ0n) is 21.9. The Bertz CT molecular complexity index is 638. The largest absolute Gasteiger partial charge is 0.497 e. The molecule has 0 aromatic heterocycles. The third kappa shape index (κ3) is 12.5. The summed E-state index contributed by atoms with van der Waals surface area (Å²) >= 11 is 1.80. The maximum atomic E-state index is 12.5. The van der Waals surface area contributed by atoms with Crippen LogP contribution in [0.1, 0.15) is 121 Å². The van der Waals surface area contributed by atoms with Gasteiger partial charge < -0.3 is 10.1 Å². The highest BCUT2D eigenvalue weighted by atomic mass is 32.2. The fourth-order valence-corrected chi connectivity index (χ4v) is 5.84. The molecular formula is C29H50N2O2S. The maximum absolute atomic E-state index is 12.5. The minimum absolute atomic E-state index is 0.0989. The van der Waals surface area contributed by atoms with Gasteiger partial charge in [0.2, 0.25) is 5.91 Å². The van der Waals surface area contributed by atoms with Crippen molar-refractivity contribution in [2.45, 2.75) is 121 Å². The zero-order valence-corrected chi connectivity index (χ0v) is 22.7. The Hall–Kier alpha value is -1.20. The Kier molecular flexibility index (Phi) is 16.3. The lowest BCUT2D eigenvalue weighted by atomic mass is 10.0. The Balaban J connectivity index is 1.36. The second-order valence-electron chi connectivity index (χ2n) is 9.80. The highest BCUT2D eigenvalue weighted by molar-refractivity contribution is 7.99. The molecule has 5 heteroatoms. The maximum Gasteiger partial charge on any atom is 0.238 e. The lowest BCUT2D eigenvalue weighted by molar-refractivity contribution is -0.122. The van der Waals surface area contributed by atoms with E-state index in [1.807, 2.05) is 12.1 Å². The lowest BCUT2D eigenvalue weighted by Gasteiger charge is -2.14. The molecule has 34 heavy (non-hydrogen) atoms. The molecule has 0 saturated carbocycles. The number of ether oxygens (including phenoxy) is 1. The van der Waals surface area contributed by atoms with E-state index in [-0.39, 0.29) is 17.3 Å². The number of rotatable bonds is 20. The first kappa shape index (κ1) is 29.0. The zero-order chi connectivity index (χ0) is 24.3. The van der Waals surface area contributed by atoms with Crippen LogP contribution < -0.4 is 15.4 Å². The lowest BCUT2D eigenvalue weighted by Crippen LogP contribution is -2.42. The molecule has 1 fully saturated rings. The van der Waals surface area contributed by atoms with Crippen molar-refractivity contribution >= 4 is 17.7 Å². The van der Waals surface area contributed by atoms with E-state index in [2.05, 4.69) is 29.7 Å². The molecule has 1 aliphatic heterocycles. The summed E-state index contributed by atoms with van der Waals surface area (Å²) in [5.74, 6) is 1.82. The van der Waals surface area contributed by atoms with Gasteiger partial charge in [0, 0.05) is 12.3 Å². The first-order chi connectivity index (χ1) is 16.7. The van der Waals surface area contributed by atoms with Crippen LogP contribution >= 0.6 is 11.8 Å². The predicted octanol–water partition coefficient (Wildman–Crippen LogP) is 7.78. The van der Waals surface area contributed by atoms with Crippen molar-refractivity contribution in [3.63, 3.8) is 0 Å². The number of amides is 1. The molecule has 0 radical (unpaired) electrons. The van der Waals surface area contributed by atoms with Gasteiger partial charge in [0.1, 0.15) is 5.75 Å². The average molecular weight is 491 g/mol. The van der Waals surface area contributed by atoms with Gasteiger partial charge in [-0.2, -0.15) is 0 Å². The van der Waals surface area contributed by atoms with Crippen LogP contribution in [0.5, 0.6) is 5.75 Å². The molecule has 0 bridgehead atoms. The van der Waals surface area contributed by atoms with E-state index in [1.54, 1.807) is 18.9 Å². The third-order valence-electron chi connectivity index (χ3n) is 6.85. The highest BCUT2D eigenvalue weighted by Crippen LogP contribution is 2.33. The molecule has 2 atom stereocenters. The second kappa shape index (κ2) is 19.0. The van der Waals surface area contributed by atoms with Gasteiger partial charge in [-0.25, -0.2) is 0 Å². The van der Waals surface area contributed by atoms with E-state index in [1.165, 1.54) is 102 Å². The van der Waals surface area contributed by atoms with E-state index in [4.69, 9.17) is 4.74 Å². The molecule has 1 aliphatic rings. The number of benzene rings is 1. The molecular weight excluding hydrogens is 440 g/mol. The van der Waals surface area contributed by atoms with E-state index in [0.717, 1.165) is 24.5 Å². The Labute approximate surface area is 213 Å². The molecule has 2 N–H and O–H groups in total. The summed E-state index contributed by atoms with van der Waals surface area (Å²) in [6.45, 7) is 3.08. The SMILES string of the molecule is CCCCCCCCCCCCCCCCCCNC(=O)[C@@H]1CSC(c2ccc(OC)cc2)N1. The van der Waals surface area contributed by atoms with Crippen LogP contribution in [0, 0.1) is 0 Å². The van der Waals surface area contributed by atoms with Crippen molar-refractivity contribution in [3.8, 4) is 5.75 Å². The van der Waals surface area contributed by atoms with Gasteiger partial charge in [-0.05, 0) is 24.1 Å². The monoisotopic (exact) mass is 490 g/mol. The molecule has 1 saturated heterocycles. The van der Waals surface area contributed by atoms with Gasteiger partial charge in [-0.3, -0.25) is 10.1 Å². The minimum Gasteiger partial charge on any atom is -0.497 e. The number of unbranched alkanes of at least 4 members (excludes halogenated alkanes) is 15. The summed E-state index contributed by atoms with van der Waals surface area (Å²) in [6, 6.07) is 7.99. The van der Waals surface area contributed by atoms with E-state index in [0.29, 0.717) is 0 Å². The molecule has 1 aromatic carbocycles. The third-order valence-corrected chi connectivity index (χ3v) is 8.11. The number of carbonyl (C=O) groups is 1. The molecule has 4 nitrogen and oxygen atoms in total. The average Bonchev–Trinajstić information content (AvgIpc) is 3.36. The summed E-state index contributed by atoms with van der Waals surface area (Å²) in [4.78, 5) is 12.5. The topological polar surface area (TPSA) is 50.4 Å². The minimum atomic E-state index is -0.0989. The number of nitrogens with one attached hydrogen (secondary N) is 2. The number of thioether (sulfide) groups is 1. The summed E-state index contributed by atoms with van der Waals surface area (Å²) in [6.07, 6.45) is 22.0. The van der Waals surface area contributed by atoms with Gasteiger partial charge in [-0.1, -0.05) is 115 Å². The molecule has 1 aromatic rings. The van der Waals surface area contributed by atoms with Crippen molar-refractivity contribution in [3.05, 3.63) is 29.8 Å². The van der Waals surface area contributed by atoms with E-state index >= 15 is 0 Å². The standard InChI is InChI=1S/C29H50N2O2S/c1-3-4-5-6-7-8-9-10-11-12-13-14-15-16-17-18-23-30-28(32)27-24-34-29(31-27)25-19-21-26(33-2)22-20-25/h19-22,27,29,31H,3-18,23-24H2,1-2H3,(H,30,32)/t27-,29?/m0/s1. The summed E-state index contributed by atoms with van der Waals surface area (Å²) < 4.78 is 5.22. The van der Waals surface area contributed by atoms with E-state index in [9.17, 15) is 4.79 Å². The quantitative estimate of drug-likeness (QED) is 0.183. The number of carbonyl (C=O) groups excluding carboxylic acids is 1. The molecule has 194 valence electrons. The van der Waals surface area contributed by atoms with Crippen molar-refractivity contribution in [1.29, 1.82) is 0 Å². The highest BCUT2D eigenvalue weighted by Gasteiger charge is 2.30. The van der Waals surface area contributed by atoms with Gasteiger partial charge in [0.25, 0.3) is 0 Å². The summed E-state index contributed by atoms with van der Waals surface area (Å²) in [7, 11) is 1.68. The van der Waals surface area contributed by atoms with Crippen LogP contribution in [0.15, 0.2) is 24.3 Å². The van der Waals surface area contributed by atoms with Crippen LogP contribution in [-0.2, 0) is 4.79 Å². The first-order valence-electron chi connectivity index (χ1n) is 14.0.